The summed E-state index contributed by atoms with van der Waals surface area (Å²) in [5.41, 5.74) is 0.557. The van der Waals surface area contributed by atoms with Crippen molar-refractivity contribution < 1.29 is 14.0 Å². The molecular weight excluding hydrogens is 376 g/mol. The Morgan fingerprint density at radius 3 is 2.58 bits per heavy atom. The van der Waals surface area contributed by atoms with Gasteiger partial charge in [-0.25, -0.2) is 0 Å². The minimum Gasteiger partial charge on any atom is -0.459 e. The summed E-state index contributed by atoms with van der Waals surface area (Å²) in [7, 11) is 0. The fraction of sp³-hybridized carbons (Fsp3) is 0.0588. The van der Waals surface area contributed by atoms with Crippen molar-refractivity contribution in [3.63, 3.8) is 0 Å². The fourth-order valence-electron chi connectivity index (χ4n) is 1.94. The molecule has 0 saturated heterocycles. The molecule has 2 N–H and O–H groups in total. The molecule has 0 aliphatic carbocycles. The Balaban J connectivity index is 1.50. The lowest BCUT2D eigenvalue weighted by atomic mass is 10.3. The first-order valence-electron chi connectivity index (χ1n) is 7.47. The van der Waals surface area contributed by atoms with E-state index in [-0.39, 0.29) is 23.2 Å². The number of hydrogen-bond donors (Lipinski definition) is 2. The first-order valence-corrected chi connectivity index (χ1v) is 8.84. The summed E-state index contributed by atoms with van der Waals surface area (Å²) in [6.07, 6.45) is 1.41. The molecule has 2 amide bonds. The summed E-state index contributed by atoms with van der Waals surface area (Å²) in [6, 6.07) is 13.4. The van der Waals surface area contributed by atoms with Crippen LogP contribution in [0.3, 0.4) is 0 Å². The Bertz CT molecular complexity index is 901. The van der Waals surface area contributed by atoms with Gasteiger partial charge in [0.15, 0.2) is 11.6 Å². The summed E-state index contributed by atoms with van der Waals surface area (Å²) in [5, 5.41) is 14.2. The van der Waals surface area contributed by atoms with Crippen molar-refractivity contribution in [1.82, 2.24) is 10.2 Å². The van der Waals surface area contributed by atoms with Crippen LogP contribution in [0.15, 0.2) is 64.2 Å². The maximum atomic E-state index is 12.0. The molecule has 0 aliphatic rings. The highest BCUT2D eigenvalue weighted by atomic mass is 35.5. The van der Waals surface area contributed by atoms with Crippen LogP contribution < -0.4 is 10.6 Å². The van der Waals surface area contributed by atoms with Gasteiger partial charge in [-0.3, -0.25) is 9.59 Å². The van der Waals surface area contributed by atoms with Crippen molar-refractivity contribution in [1.29, 1.82) is 0 Å². The number of para-hydroxylation sites is 1. The number of carbonyl (C=O) groups excluding carboxylic acids is 2. The van der Waals surface area contributed by atoms with Gasteiger partial charge in [0, 0.05) is 0 Å². The molecule has 0 atom stereocenters. The van der Waals surface area contributed by atoms with Crippen molar-refractivity contribution in [2.24, 2.45) is 0 Å². The molecule has 3 aromatic rings. The summed E-state index contributed by atoms with van der Waals surface area (Å²) in [6.45, 7) is 0. The normalized spacial score (nSPS) is 10.3. The predicted octanol–water partition coefficient (Wildman–Crippen LogP) is 3.71. The molecule has 7 nitrogen and oxygen atoms in total. The number of carbonyl (C=O) groups is 2. The SMILES string of the molecule is O=C(CSc1ccc(NC(=O)c2ccco2)nn1)Nc1ccccc1Cl. The predicted molar refractivity (Wildman–Crippen MR) is 99.5 cm³/mol. The van der Waals surface area contributed by atoms with E-state index in [9.17, 15) is 9.59 Å². The van der Waals surface area contributed by atoms with Crippen LogP contribution in [0.25, 0.3) is 0 Å². The highest BCUT2D eigenvalue weighted by molar-refractivity contribution is 7.99. The number of thioether (sulfide) groups is 1. The molecule has 0 fully saturated rings. The van der Waals surface area contributed by atoms with Crippen molar-refractivity contribution in [2.45, 2.75) is 5.03 Å². The largest absolute Gasteiger partial charge is 0.459 e. The highest BCUT2D eigenvalue weighted by Gasteiger charge is 2.11. The average molecular weight is 389 g/mol. The van der Waals surface area contributed by atoms with E-state index in [2.05, 4.69) is 20.8 Å². The maximum absolute atomic E-state index is 12.0. The number of amides is 2. The summed E-state index contributed by atoms with van der Waals surface area (Å²) in [4.78, 5) is 23.8. The van der Waals surface area contributed by atoms with Crippen LogP contribution in [-0.4, -0.2) is 27.8 Å². The Kier molecular flexibility index (Phi) is 5.88. The molecule has 0 spiro atoms. The summed E-state index contributed by atoms with van der Waals surface area (Å²) in [5.74, 6) is -0.000421. The fourth-order valence-corrected chi connectivity index (χ4v) is 2.73. The second-order valence-electron chi connectivity index (χ2n) is 5.00. The molecular formula is C17H13ClN4O3S. The number of nitrogens with one attached hydrogen (secondary N) is 2. The third-order valence-electron chi connectivity index (χ3n) is 3.13. The van der Waals surface area contributed by atoms with Crippen molar-refractivity contribution in [2.75, 3.05) is 16.4 Å². The summed E-state index contributed by atoms with van der Waals surface area (Å²) >= 11 is 7.22. The molecule has 0 radical (unpaired) electrons. The van der Waals surface area contributed by atoms with E-state index in [1.54, 1.807) is 48.5 Å². The van der Waals surface area contributed by atoms with Gasteiger partial charge in [-0.2, -0.15) is 0 Å². The number of nitrogens with zero attached hydrogens (tertiary/aromatic N) is 2. The number of rotatable bonds is 6. The van der Waals surface area contributed by atoms with Crippen LogP contribution in [0.2, 0.25) is 5.02 Å². The lowest BCUT2D eigenvalue weighted by molar-refractivity contribution is -0.113. The molecule has 0 unspecified atom stereocenters. The van der Waals surface area contributed by atoms with E-state index >= 15 is 0 Å². The third kappa shape index (κ3) is 4.84. The zero-order chi connectivity index (χ0) is 18.4. The second-order valence-corrected chi connectivity index (χ2v) is 6.41. The Morgan fingerprint density at radius 1 is 1.04 bits per heavy atom. The smallest absolute Gasteiger partial charge is 0.292 e. The molecule has 0 saturated carbocycles. The van der Waals surface area contributed by atoms with E-state index in [0.29, 0.717) is 15.7 Å². The molecule has 0 aliphatic heterocycles. The van der Waals surface area contributed by atoms with Crippen LogP contribution in [0.1, 0.15) is 10.6 Å². The van der Waals surface area contributed by atoms with E-state index in [4.69, 9.17) is 16.0 Å². The Hall–Kier alpha value is -2.84. The maximum Gasteiger partial charge on any atom is 0.292 e. The Labute approximate surface area is 158 Å². The van der Waals surface area contributed by atoms with Gasteiger partial charge in [-0.15, -0.1) is 10.2 Å². The van der Waals surface area contributed by atoms with Gasteiger partial charge in [0.05, 0.1) is 22.7 Å². The van der Waals surface area contributed by atoms with Gasteiger partial charge in [-0.05, 0) is 36.4 Å². The van der Waals surface area contributed by atoms with E-state index in [1.807, 2.05) is 0 Å². The molecule has 9 heteroatoms. The molecule has 0 bridgehead atoms. The van der Waals surface area contributed by atoms with Crippen LogP contribution in [-0.2, 0) is 4.79 Å². The number of aromatic nitrogens is 2. The number of anilines is 2. The average Bonchev–Trinajstić information content (AvgIpc) is 3.18. The standard InChI is InChI=1S/C17H13ClN4O3S/c18-11-4-1-2-5-12(11)19-15(23)10-26-16-8-7-14(21-22-16)20-17(24)13-6-3-9-25-13/h1-9H,10H2,(H,19,23)(H,20,21,24). The van der Waals surface area contributed by atoms with E-state index in [1.165, 1.54) is 18.0 Å². The van der Waals surface area contributed by atoms with Crippen LogP contribution >= 0.6 is 23.4 Å². The monoisotopic (exact) mass is 388 g/mol. The first kappa shape index (κ1) is 18.0. The number of halogens is 1. The van der Waals surface area contributed by atoms with Gasteiger partial charge < -0.3 is 15.1 Å². The van der Waals surface area contributed by atoms with Crippen molar-refractivity contribution in [3.05, 3.63) is 65.6 Å². The van der Waals surface area contributed by atoms with Crippen molar-refractivity contribution >= 4 is 46.7 Å². The molecule has 2 aromatic heterocycles. The quantitative estimate of drug-likeness (QED) is 0.625. The second kappa shape index (κ2) is 8.50. The molecule has 132 valence electrons. The third-order valence-corrected chi connectivity index (χ3v) is 4.38. The molecule has 26 heavy (non-hydrogen) atoms. The van der Waals surface area contributed by atoms with Crippen LogP contribution in [0, 0.1) is 0 Å². The van der Waals surface area contributed by atoms with Gasteiger partial charge in [0.2, 0.25) is 5.91 Å². The van der Waals surface area contributed by atoms with Gasteiger partial charge in [-0.1, -0.05) is 35.5 Å². The van der Waals surface area contributed by atoms with Crippen LogP contribution in [0.4, 0.5) is 11.5 Å². The molecule has 2 heterocycles. The molecule has 3 rings (SSSR count). The van der Waals surface area contributed by atoms with Gasteiger partial charge in [0.1, 0.15) is 5.03 Å². The zero-order valence-electron chi connectivity index (χ0n) is 13.3. The van der Waals surface area contributed by atoms with Crippen LogP contribution in [0.5, 0.6) is 0 Å². The zero-order valence-corrected chi connectivity index (χ0v) is 14.9. The topological polar surface area (TPSA) is 97.1 Å². The Morgan fingerprint density at radius 2 is 1.88 bits per heavy atom. The van der Waals surface area contributed by atoms with Gasteiger partial charge >= 0.3 is 0 Å². The first-order chi connectivity index (χ1) is 12.6. The van der Waals surface area contributed by atoms with E-state index < -0.39 is 5.91 Å². The molecule has 1 aromatic carbocycles. The van der Waals surface area contributed by atoms with E-state index in [0.717, 1.165) is 0 Å². The lowest BCUT2D eigenvalue weighted by Gasteiger charge is -2.06. The summed E-state index contributed by atoms with van der Waals surface area (Å²) < 4.78 is 5.00. The minimum absolute atomic E-state index is 0.151. The number of furan rings is 1. The lowest BCUT2D eigenvalue weighted by Crippen LogP contribution is -2.14. The van der Waals surface area contributed by atoms with Gasteiger partial charge in [0.25, 0.3) is 5.91 Å². The highest BCUT2D eigenvalue weighted by Crippen LogP contribution is 2.21. The minimum atomic E-state index is -0.413. The number of hydrogen-bond acceptors (Lipinski definition) is 6. The number of benzene rings is 1. The van der Waals surface area contributed by atoms with Crippen molar-refractivity contribution in [3.8, 4) is 0 Å².